The summed E-state index contributed by atoms with van der Waals surface area (Å²) < 4.78 is 13.3. The van der Waals surface area contributed by atoms with Crippen LogP contribution in [0.15, 0.2) is 36.4 Å². The molecule has 1 fully saturated rings. The molecular weight excluding hydrogens is 399 g/mol. The van der Waals surface area contributed by atoms with Gasteiger partial charge in [0.25, 0.3) is 0 Å². The maximum absolute atomic E-state index is 13.3. The molecule has 0 radical (unpaired) electrons. The zero-order valence-electron chi connectivity index (χ0n) is 17.9. The molecule has 0 spiro atoms. The minimum absolute atomic E-state index is 0.0610. The van der Waals surface area contributed by atoms with Gasteiger partial charge in [-0.1, -0.05) is 31.9 Å². The van der Waals surface area contributed by atoms with E-state index in [-0.39, 0.29) is 30.1 Å². The standard InChI is InChI=1S/C24H31FN2O2S/c1-3-4-14-26(24(29)20-6-5-7-20)17-23(28)27(16-22-13-8-18(2)30-22)15-19-9-11-21(25)12-10-19/h8-13,20H,3-7,14-17H2,1-2H3. The van der Waals surface area contributed by atoms with Gasteiger partial charge in [-0.25, -0.2) is 4.39 Å². The first-order valence-electron chi connectivity index (χ1n) is 10.8. The number of hydrogen-bond donors (Lipinski definition) is 0. The van der Waals surface area contributed by atoms with Crippen LogP contribution in [0.5, 0.6) is 0 Å². The van der Waals surface area contributed by atoms with Crippen LogP contribution >= 0.6 is 11.3 Å². The Morgan fingerprint density at radius 2 is 1.80 bits per heavy atom. The van der Waals surface area contributed by atoms with Crippen molar-refractivity contribution in [1.29, 1.82) is 0 Å². The Balaban J connectivity index is 1.74. The molecule has 0 N–H and O–H groups in total. The van der Waals surface area contributed by atoms with Crippen LogP contribution in [0, 0.1) is 18.7 Å². The van der Waals surface area contributed by atoms with Gasteiger partial charge in [-0.15, -0.1) is 11.3 Å². The number of rotatable bonds is 10. The third kappa shape index (κ3) is 6.14. The van der Waals surface area contributed by atoms with Gasteiger partial charge in [0.05, 0.1) is 13.1 Å². The number of carbonyl (C=O) groups is 2. The molecule has 0 atom stereocenters. The van der Waals surface area contributed by atoms with Crippen LogP contribution in [0.1, 0.15) is 54.3 Å². The van der Waals surface area contributed by atoms with E-state index in [1.807, 2.05) is 19.1 Å². The van der Waals surface area contributed by atoms with Crippen LogP contribution < -0.4 is 0 Å². The van der Waals surface area contributed by atoms with Gasteiger partial charge in [0.1, 0.15) is 5.82 Å². The quantitative estimate of drug-likeness (QED) is 0.523. The predicted octanol–water partition coefficient (Wildman–Crippen LogP) is 5.15. The van der Waals surface area contributed by atoms with Crippen LogP contribution in [-0.2, 0) is 22.7 Å². The van der Waals surface area contributed by atoms with Crippen molar-refractivity contribution in [1.82, 2.24) is 9.80 Å². The van der Waals surface area contributed by atoms with E-state index in [1.165, 1.54) is 17.0 Å². The second kappa shape index (κ2) is 10.7. The molecule has 1 aromatic heterocycles. The Kier molecular flexibility index (Phi) is 8.02. The van der Waals surface area contributed by atoms with Crippen molar-refractivity contribution in [2.75, 3.05) is 13.1 Å². The predicted molar refractivity (Wildman–Crippen MR) is 119 cm³/mol. The fourth-order valence-electron chi connectivity index (χ4n) is 3.59. The van der Waals surface area contributed by atoms with Gasteiger partial charge in [-0.2, -0.15) is 0 Å². The number of carbonyl (C=O) groups excluding carboxylic acids is 2. The Morgan fingerprint density at radius 1 is 1.07 bits per heavy atom. The molecule has 1 aromatic carbocycles. The van der Waals surface area contributed by atoms with Crippen molar-refractivity contribution in [3.63, 3.8) is 0 Å². The van der Waals surface area contributed by atoms with Gasteiger partial charge < -0.3 is 9.80 Å². The van der Waals surface area contributed by atoms with Crippen molar-refractivity contribution in [2.45, 2.75) is 59.0 Å². The summed E-state index contributed by atoms with van der Waals surface area (Å²) >= 11 is 1.67. The van der Waals surface area contributed by atoms with Crippen LogP contribution in [0.2, 0.25) is 0 Å². The summed E-state index contributed by atoms with van der Waals surface area (Å²) in [4.78, 5) is 32.0. The molecule has 0 aliphatic heterocycles. The fraction of sp³-hybridized carbons (Fsp3) is 0.500. The number of halogens is 1. The molecule has 1 saturated carbocycles. The number of hydrogen-bond acceptors (Lipinski definition) is 3. The maximum Gasteiger partial charge on any atom is 0.242 e. The van der Waals surface area contributed by atoms with E-state index in [9.17, 15) is 14.0 Å². The lowest BCUT2D eigenvalue weighted by molar-refractivity contribution is -0.145. The van der Waals surface area contributed by atoms with E-state index in [2.05, 4.69) is 6.92 Å². The van der Waals surface area contributed by atoms with Crippen LogP contribution in [-0.4, -0.2) is 34.7 Å². The van der Waals surface area contributed by atoms with E-state index < -0.39 is 0 Å². The van der Waals surface area contributed by atoms with Crippen LogP contribution in [0.3, 0.4) is 0 Å². The van der Waals surface area contributed by atoms with Crippen molar-refractivity contribution >= 4 is 23.2 Å². The van der Waals surface area contributed by atoms with E-state index in [0.29, 0.717) is 19.6 Å². The zero-order chi connectivity index (χ0) is 21.5. The van der Waals surface area contributed by atoms with Crippen molar-refractivity contribution < 1.29 is 14.0 Å². The largest absolute Gasteiger partial charge is 0.333 e. The number of benzene rings is 1. The molecule has 1 heterocycles. The molecule has 1 aliphatic carbocycles. The first-order chi connectivity index (χ1) is 14.5. The van der Waals surface area contributed by atoms with Gasteiger partial charge in [-0.3, -0.25) is 9.59 Å². The lowest BCUT2D eigenvalue weighted by atomic mass is 9.84. The first-order valence-corrected chi connectivity index (χ1v) is 11.6. The van der Waals surface area contributed by atoms with E-state index in [1.54, 1.807) is 33.3 Å². The summed E-state index contributed by atoms with van der Waals surface area (Å²) in [5.74, 6) is -0.145. The Hall–Kier alpha value is -2.21. The summed E-state index contributed by atoms with van der Waals surface area (Å²) in [6, 6.07) is 10.3. The Bertz CT molecular complexity index is 845. The van der Waals surface area contributed by atoms with Crippen LogP contribution in [0.4, 0.5) is 4.39 Å². The highest BCUT2D eigenvalue weighted by atomic mass is 32.1. The van der Waals surface area contributed by atoms with E-state index in [4.69, 9.17) is 0 Å². The molecular formula is C24H31FN2O2S. The highest BCUT2D eigenvalue weighted by Gasteiger charge is 2.31. The summed E-state index contributed by atoms with van der Waals surface area (Å²) in [5, 5.41) is 0. The Morgan fingerprint density at radius 3 is 2.37 bits per heavy atom. The number of unbranched alkanes of at least 4 members (excludes halogenated alkanes) is 1. The molecule has 0 saturated heterocycles. The fourth-order valence-corrected chi connectivity index (χ4v) is 4.50. The molecule has 3 rings (SSSR count). The van der Waals surface area contributed by atoms with E-state index in [0.717, 1.165) is 42.5 Å². The second-order valence-electron chi connectivity index (χ2n) is 8.13. The van der Waals surface area contributed by atoms with E-state index >= 15 is 0 Å². The smallest absolute Gasteiger partial charge is 0.242 e. The van der Waals surface area contributed by atoms with Crippen molar-refractivity contribution in [3.8, 4) is 0 Å². The molecule has 30 heavy (non-hydrogen) atoms. The second-order valence-corrected chi connectivity index (χ2v) is 9.50. The zero-order valence-corrected chi connectivity index (χ0v) is 18.7. The SMILES string of the molecule is CCCCN(CC(=O)N(Cc1ccc(F)cc1)Cc1ccc(C)s1)C(=O)C1CCC1. The molecule has 162 valence electrons. The average Bonchev–Trinajstić information content (AvgIpc) is 3.09. The van der Waals surface area contributed by atoms with Crippen molar-refractivity contribution in [2.24, 2.45) is 5.92 Å². The summed E-state index contributed by atoms with van der Waals surface area (Å²) in [7, 11) is 0. The monoisotopic (exact) mass is 430 g/mol. The number of thiophene rings is 1. The number of nitrogens with zero attached hydrogens (tertiary/aromatic N) is 2. The molecule has 4 nitrogen and oxygen atoms in total. The van der Waals surface area contributed by atoms with Gasteiger partial charge in [0.2, 0.25) is 11.8 Å². The van der Waals surface area contributed by atoms with Gasteiger partial charge in [-0.05, 0) is 56.0 Å². The molecule has 2 amide bonds. The minimum atomic E-state index is -0.289. The first kappa shape index (κ1) is 22.5. The number of aryl methyl sites for hydroxylation is 1. The number of amides is 2. The minimum Gasteiger partial charge on any atom is -0.333 e. The lowest BCUT2D eigenvalue weighted by Gasteiger charge is -2.33. The lowest BCUT2D eigenvalue weighted by Crippen LogP contribution is -2.46. The van der Waals surface area contributed by atoms with Gasteiger partial charge >= 0.3 is 0 Å². The summed E-state index contributed by atoms with van der Waals surface area (Å²) in [5.41, 5.74) is 0.878. The van der Waals surface area contributed by atoms with Gasteiger partial charge in [0, 0.05) is 28.8 Å². The average molecular weight is 431 g/mol. The highest BCUT2D eigenvalue weighted by Crippen LogP contribution is 2.28. The normalized spacial score (nSPS) is 13.7. The molecule has 0 bridgehead atoms. The van der Waals surface area contributed by atoms with Gasteiger partial charge in [0.15, 0.2) is 0 Å². The third-order valence-corrected chi connectivity index (χ3v) is 6.64. The van der Waals surface area contributed by atoms with Crippen LogP contribution in [0.25, 0.3) is 0 Å². The maximum atomic E-state index is 13.3. The summed E-state index contributed by atoms with van der Waals surface area (Å²) in [6.45, 7) is 5.77. The topological polar surface area (TPSA) is 40.6 Å². The Labute approximate surface area is 182 Å². The third-order valence-electron chi connectivity index (χ3n) is 5.66. The summed E-state index contributed by atoms with van der Waals surface area (Å²) in [6.07, 6.45) is 4.84. The highest BCUT2D eigenvalue weighted by molar-refractivity contribution is 7.11. The molecule has 2 aromatic rings. The van der Waals surface area contributed by atoms with Crippen molar-refractivity contribution in [3.05, 3.63) is 57.5 Å². The molecule has 1 aliphatic rings. The molecule has 0 unspecified atom stereocenters. The molecule has 6 heteroatoms.